The molecule has 3 heteroatoms. The van der Waals surface area contributed by atoms with E-state index >= 15 is 0 Å². The van der Waals surface area contributed by atoms with Crippen LogP contribution in [0.1, 0.15) is 11.1 Å². The van der Waals surface area contributed by atoms with Gasteiger partial charge in [0.25, 0.3) is 0 Å². The van der Waals surface area contributed by atoms with Crippen molar-refractivity contribution in [3.05, 3.63) is 169 Å². The van der Waals surface area contributed by atoms with Crippen molar-refractivity contribution in [2.24, 2.45) is 0 Å². The number of fused-ring (bicyclic) bond motifs is 5. The van der Waals surface area contributed by atoms with Gasteiger partial charge in [-0.25, -0.2) is 0 Å². The monoisotopic (exact) mass is 596 g/mol. The zero-order valence-electron chi connectivity index (χ0n) is 25.3. The van der Waals surface area contributed by atoms with Crippen molar-refractivity contribution in [2.45, 2.75) is 13.8 Å². The third-order valence-electron chi connectivity index (χ3n) is 8.49. The van der Waals surface area contributed by atoms with Gasteiger partial charge in [-0.3, -0.25) is 0 Å². The molecule has 0 fully saturated rings. The Morgan fingerprint density at radius 2 is 0.911 bits per heavy atom. The van der Waals surface area contributed by atoms with Crippen LogP contribution in [-0.4, -0.2) is 0 Å². The summed E-state index contributed by atoms with van der Waals surface area (Å²) in [7, 11) is 0. The van der Waals surface area contributed by atoms with E-state index in [2.05, 4.69) is 181 Å². The van der Waals surface area contributed by atoms with Gasteiger partial charge in [-0.15, -0.1) is 11.3 Å². The van der Waals surface area contributed by atoms with Crippen LogP contribution in [0.25, 0.3) is 30.9 Å². The summed E-state index contributed by atoms with van der Waals surface area (Å²) in [6.07, 6.45) is 0. The fourth-order valence-corrected chi connectivity index (χ4v) is 7.69. The number of hydrogen-bond donors (Lipinski definition) is 0. The molecule has 2 nitrogen and oxygen atoms in total. The Balaban J connectivity index is 1.36. The molecule has 0 saturated heterocycles. The van der Waals surface area contributed by atoms with E-state index in [0.29, 0.717) is 0 Å². The number of para-hydroxylation sites is 2. The number of rotatable bonds is 6. The molecule has 0 aliphatic rings. The molecular formula is C42H32N2S. The Hall–Kier alpha value is -5.38. The third kappa shape index (κ3) is 4.92. The van der Waals surface area contributed by atoms with E-state index in [1.54, 1.807) is 0 Å². The van der Waals surface area contributed by atoms with Gasteiger partial charge in [0.1, 0.15) is 0 Å². The molecule has 1 aromatic heterocycles. The molecule has 0 aliphatic heterocycles. The molecule has 1 heterocycles. The lowest BCUT2D eigenvalue weighted by atomic mass is 10.0. The lowest BCUT2D eigenvalue weighted by Gasteiger charge is -2.27. The highest BCUT2D eigenvalue weighted by Gasteiger charge is 2.20. The molecule has 216 valence electrons. The molecule has 0 radical (unpaired) electrons. The minimum absolute atomic E-state index is 1.15. The molecule has 8 rings (SSSR count). The van der Waals surface area contributed by atoms with E-state index in [4.69, 9.17) is 0 Å². The van der Waals surface area contributed by atoms with Crippen LogP contribution < -0.4 is 9.80 Å². The average Bonchev–Trinajstić information content (AvgIpc) is 3.44. The third-order valence-corrected chi connectivity index (χ3v) is 9.59. The summed E-state index contributed by atoms with van der Waals surface area (Å²) in [4.78, 5) is 4.76. The highest BCUT2D eigenvalue weighted by Crippen LogP contribution is 2.47. The quantitative estimate of drug-likeness (QED) is 0.188. The standard InChI is InChI=1S/C42H32N2S/c1-29-13-11-19-33(25-29)43(31-15-5-3-6-16-31)35-23-24-38-40(27-35)45-41-28-39(36-21-9-10-22-37(36)42(38)41)44(32-17-7-4-8-18-32)34-20-12-14-30(2)26-34/h3-28H,1-2H3. The van der Waals surface area contributed by atoms with Gasteiger partial charge in [-0.1, -0.05) is 91.0 Å². The van der Waals surface area contributed by atoms with Crippen molar-refractivity contribution < 1.29 is 0 Å². The highest BCUT2D eigenvalue weighted by molar-refractivity contribution is 7.26. The van der Waals surface area contributed by atoms with Crippen molar-refractivity contribution in [3.8, 4) is 0 Å². The summed E-state index contributed by atoms with van der Waals surface area (Å²) in [5, 5.41) is 5.13. The second kappa shape index (κ2) is 11.3. The van der Waals surface area contributed by atoms with Crippen LogP contribution in [0.5, 0.6) is 0 Å². The molecule has 0 N–H and O–H groups in total. The summed E-state index contributed by atoms with van der Waals surface area (Å²) in [6, 6.07) is 57.1. The van der Waals surface area contributed by atoms with E-state index in [1.165, 1.54) is 47.8 Å². The molecule has 0 saturated carbocycles. The topological polar surface area (TPSA) is 6.48 Å². The van der Waals surface area contributed by atoms with E-state index in [0.717, 1.165) is 28.4 Å². The van der Waals surface area contributed by atoms with Gasteiger partial charge in [0.15, 0.2) is 0 Å². The van der Waals surface area contributed by atoms with Crippen molar-refractivity contribution >= 4 is 76.4 Å². The molecule has 0 amide bonds. The smallest absolute Gasteiger partial charge is 0.0554 e. The van der Waals surface area contributed by atoms with Crippen molar-refractivity contribution in [3.63, 3.8) is 0 Å². The summed E-state index contributed by atoms with van der Waals surface area (Å²) >= 11 is 1.87. The fourth-order valence-electron chi connectivity index (χ4n) is 6.50. The zero-order valence-corrected chi connectivity index (χ0v) is 26.1. The summed E-state index contributed by atoms with van der Waals surface area (Å²) < 4.78 is 2.56. The highest BCUT2D eigenvalue weighted by atomic mass is 32.1. The Morgan fingerprint density at radius 1 is 0.378 bits per heavy atom. The maximum absolute atomic E-state index is 2.40. The molecule has 45 heavy (non-hydrogen) atoms. The van der Waals surface area contributed by atoms with Crippen LogP contribution >= 0.6 is 11.3 Å². The summed E-state index contributed by atoms with van der Waals surface area (Å²) in [5.41, 5.74) is 9.43. The van der Waals surface area contributed by atoms with Crippen LogP contribution in [0.15, 0.2) is 158 Å². The lowest BCUT2D eigenvalue weighted by molar-refractivity contribution is 1.28. The minimum atomic E-state index is 1.15. The van der Waals surface area contributed by atoms with Crippen LogP contribution in [0.4, 0.5) is 34.1 Å². The molecule has 0 atom stereocenters. The van der Waals surface area contributed by atoms with Crippen LogP contribution in [0.2, 0.25) is 0 Å². The number of hydrogen-bond acceptors (Lipinski definition) is 3. The van der Waals surface area contributed by atoms with Crippen LogP contribution in [0, 0.1) is 13.8 Å². The van der Waals surface area contributed by atoms with E-state index in [9.17, 15) is 0 Å². The Morgan fingerprint density at radius 3 is 1.56 bits per heavy atom. The predicted molar refractivity (Wildman–Crippen MR) is 196 cm³/mol. The molecule has 0 unspecified atom stereocenters. The molecule has 7 aromatic carbocycles. The number of nitrogens with zero attached hydrogens (tertiary/aromatic N) is 2. The van der Waals surface area contributed by atoms with Gasteiger partial charge in [-0.05, 0) is 97.1 Å². The fraction of sp³-hybridized carbons (Fsp3) is 0.0476. The Bertz CT molecular complexity index is 2300. The van der Waals surface area contributed by atoms with Gasteiger partial charge >= 0.3 is 0 Å². The number of benzene rings is 7. The first kappa shape index (κ1) is 27.2. The van der Waals surface area contributed by atoms with E-state index in [-0.39, 0.29) is 0 Å². The second-order valence-corrected chi connectivity index (χ2v) is 12.7. The first-order valence-corrected chi connectivity index (χ1v) is 16.2. The van der Waals surface area contributed by atoms with Gasteiger partial charge < -0.3 is 9.80 Å². The van der Waals surface area contributed by atoms with Gasteiger partial charge in [0, 0.05) is 54.0 Å². The van der Waals surface area contributed by atoms with Crippen LogP contribution in [-0.2, 0) is 0 Å². The van der Waals surface area contributed by atoms with Crippen molar-refractivity contribution in [2.75, 3.05) is 9.80 Å². The maximum Gasteiger partial charge on any atom is 0.0554 e. The molecule has 0 bridgehead atoms. The van der Waals surface area contributed by atoms with Crippen molar-refractivity contribution in [1.82, 2.24) is 0 Å². The molecule has 0 aliphatic carbocycles. The Kier molecular flexibility index (Phi) is 6.81. The van der Waals surface area contributed by atoms with E-state index in [1.807, 2.05) is 11.3 Å². The number of thiophene rings is 1. The van der Waals surface area contributed by atoms with Gasteiger partial charge in [0.05, 0.1) is 5.69 Å². The zero-order chi connectivity index (χ0) is 30.3. The number of aryl methyl sites for hydroxylation is 2. The SMILES string of the molecule is Cc1cccc(N(c2ccccc2)c2ccc3c(c2)sc2cc(N(c4ccccc4)c4cccc(C)c4)c4ccccc4c23)c1. The first-order valence-electron chi connectivity index (χ1n) is 15.4. The molecule has 0 spiro atoms. The predicted octanol–water partition coefficient (Wildman–Crippen LogP) is 12.8. The van der Waals surface area contributed by atoms with E-state index < -0.39 is 0 Å². The summed E-state index contributed by atoms with van der Waals surface area (Å²) in [6.45, 7) is 4.31. The second-order valence-electron chi connectivity index (χ2n) is 11.6. The minimum Gasteiger partial charge on any atom is -0.310 e. The van der Waals surface area contributed by atoms with Crippen molar-refractivity contribution in [1.29, 1.82) is 0 Å². The molecule has 8 aromatic rings. The number of anilines is 6. The maximum atomic E-state index is 2.40. The summed E-state index contributed by atoms with van der Waals surface area (Å²) in [5.74, 6) is 0. The normalized spacial score (nSPS) is 11.3. The lowest BCUT2D eigenvalue weighted by Crippen LogP contribution is -2.10. The largest absolute Gasteiger partial charge is 0.310 e. The first-order chi connectivity index (χ1) is 22.1. The van der Waals surface area contributed by atoms with Gasteiger partial charge in [-0.2, -0.15) is 0 Å². The average molecular weight is 597 g/mol. The molecular weight excluding hydrogens is 565 g/mol. The van der Waals surface area contributed by atoms with Crippen LogP contribution in [0.3, 0.4) is 0 Å². The van der Waals surface area contributed by atoms with Gasteiger partial charge in [0.2, 0.25) is 0 Å². The Labute approximate surface area is 268 Å².